The van der Waals surface area contributed by atoms with Crippen LogP contribution in [-0.4, -0.2) is 73.5 Å². The molecular weight excluding hydrogens is 661 g/mol. The van der Waals surface area contributed by atoms with Crippen molar-refractivity contribution in [2.45, 2.75) is 0 Å². The molecule has 0 aliphatic carbocycles. The predicted molar refractivity (Wildman–Crippen MR) is 27.0 cm³/mol. The van der Waals surface area contributed by atoms with Gasteiger partial charge in [-0.3, -0.25) is 0 Å². The molecule has 0 unspecified atom stereocenters. The van der Waals surface area contributed by atoms with Gasteiger partial charge in [0.2, 0.25) is 0 Å². The molecule has 4 heteroatoms. The molecule has 0 aliphatic heterocycles. The van der Waals surface area contributed by atoms with Crippen LogP contribution in [0.5, 0.6) is 0 Å². The van der Waals surface area contributed by atoms with Crippen molar-refractivity contribution in [3.05, 3.63) is 0 Å². The van der Waals surface area contributed by atoms with Crippen LogP contribution in [0.1, 0.15) is 0 Å². The van der Waals surface area contributed by atoms with E-state index in [9.17, 15) is 0 Å². The Labute approximate surface area is 94.0 Å². The van der Waals surface area contributed by atoms with Gasteiger partial charge >= 0.3 is 73.5 Å². The molecule has 35 valence electrons. The number of hydrogen-bond donors (Lipinski definition) is 0. The molecule has 0 N–H and O–H groups in total. The van der Waals surface area contributed by atoms with Crippen LogP contribution in [0.2, 0.25) is 0 Å². The summed E-state index contributed by atoms with van der Waals surface area (Å²) in [5.41, 5.74) is 0. The molecule has 0 aromatic heterocycles. The maximum absolute atomic E-state index is 0. The summed E-state index contributed by atoms with van der Waals surface area (Å²) in [6, 6.07) is 0. The SMILES string of the molecule is [Au].[BiH3].[TeH2].[TeH2]. The summed E-state index contributed by atoms with van der Waals surface area (Å²) in [6.45, 7) is 0. The minimum absolute atomic E-state index is 0. The first kappa shape index (κ1) is 27.0. The quantitative estimate of drug-likeness (QED) is 0.242. The zero-order valence-electron chi connectivity index (χ0n) is 2.01. The zero-order chi connectivity index (χ0) is 0. The maximum atomic E-state index is 0. The van der Waals surface area contributed by atoms with Crippen molar-refractivity contribution in [1.82, 2.24) is 0 Å². The third-order valence-electron chi connectivity index (χ3n) is 0. The Hall–Kier alpha value is 3.20. The van der Waals surface area contributed by atoms with E-state index in [0.717, 1.165) is 0 Å². The van der Waals surface area contributed by atoms with Gasteiger partial charge in [0.05, 0.1) is 0 Å². The van der Waals surface area contributed by atoms with E-state index in [1.165, 1.54) is 0 Å². The summed E-state index contributed by atoms with van der Waals surface area (Å²) in [5.74, 6) is 0. The molecule has 0 rings (SSSR count). The van der Waals surface area contributed by atoms with Crippen LogP contribution in [0.25, 0.3) is 0 Å². The van der Waals surface area contributed by atoms with Crippen LogP contribution in [0.3, 0.4) is 0 Å². The van der Waals surface area contributed by atoms with Gasteiger partial charge in [0, 0.05) is 22.4 Å². The average molecular weight is 668 g/mol. The summed E-state index contributed by atoms with van der Waals surface area (Å²) < 4.78 is 0. The molecular formula is H7AuBiTe2. The molecule has 0 atom stereocenters. The van der Waals surface area contributed by atoms with Gasteiger partial charge in [-0.1, -0.05) is 0 Å². The summed E-state index contributed by atoms with van der Waals surface area (Å²) in [5, 5.41) is 0. The first-order valence-corrected chi connectivity index (χ1v) is 0. The van der Waals surface area contributed by atoms with Crippen molar-refractivity contribution < 1.29 is 22.4 Å². The topological polar surface area (TPSA) is 0 Å². The Bertz CT molecular complexity index is 6.00. The molecule has 0 aliphatic rings. The Morgan fingerprint density at radius 2 is 0.750 bits per heavy atom. The van der Waals surface area contributed by atoms with E-state index in [-0.39, 0.29) is 95.9 Å². The summed E-state index contributed by atoms with van der Waals surface area (Å²) in [7, 11) is 0. The Morgan fingerprint density at radius 1 is 0.750 bits per heavy atom. The summed E-state index contributed by atoms with van der Waals surface area (Å²) in [6.07, 6.45) is 0. The van der Waals surface area contributed by atoms with Crippen LogP contribution >= 0.6 is 0 Å². The van der Waals surface area contributed by atoms with E-state index in [1.807, 2.05) is 0 Å². The van der Waals surface area contributed by atoms with Crippen LogP contribution in [0.15, 0.2) is 0 Å². The zero-order valence-corrected chi connectivity index (χ0v) is 15.4. The fraction of sp³-hybridized carbons (Fsp3) is 0. The van der Waals surface area contributed by atoms with Gasteiger partial charge in [-0.25, -0.2) is 0 Å². The van der Waals surface area contributed by atoms with Gasteiger partial charge in [-0.2, -0.15) is 0 Å². The van der Waals surface area contributed by atoms with E-state index < -0.39 is 0 Å². The average Bonchev–Trinajstić information content (AvgIpc) is 0. The van der Waals surface area contributed by atoms with Crippen molar-refractivity contribution in [1.29, 1.82) is 0 Å². The third kappa shape index (κ3) is 8.96. The molecule has 0 aromatic carbocycles. The number of rotatable bonds is 0. The molecule has 0 saturated heterocycles. The van der Waals surface area contributed by atoms with Crippen LogP contribution in [-0.2, 0) is 22.4 Å². The normalized spacial score (nSPS) is 0. The molecule has 0 aromatic rings. The van der Waals surface area contributed by atoms with Crippen molar-refractivity contribution >= 4 is 73.5 Å². The fourth-order valence-electron chi connectivity index (χ4n) is 0. The van der Waals surface area contributed by atoms with Gasteiger partial charge in [0.25, 0.3) is 0 Å². The molecule has 0 amide bonds. The van der Waals surface area contributed by atoms with Gasteiger partial charge in [0.1, 0.15) is 0 Å². The van der Waals surface area contributed by atoms with Crippen LogP contribution in [0.4, 0.5) is 0 Å². The third-order valence-corrected chi connectivity index (χ3v) is 0. The predicted octanol–water partition coefficient (Wildman–Crippen LogP) is -3.02. The van der Waals surface area contributed by atoms with Crippen LogP contribution in [0, 0.1) is 0 Å². The van der Waals surface area contributed by atoms with Crippen molar-refractivity contribution in [3.63, 3.8) is 0 Å². The van der Waals surface area contributed by atoms with Gasteiger partial charge in [-0.15, -0.1) is 0 Å². The molecule has 0 nitrogen and oxygen atoms in total. The molecule has 0 heterocycles. The number of hydrogen-bond acceptors (Lipinski definition) is 0. The summed E-state index contributed by atoms with van der Waals surface area (Å²) >= 11 is 0. The molecule has 4 heavy (non-hydrogen) atoms. The van der Waals surface area contributed by atoms with E-state index in [2.05, 4.69) is 0 Å². The first-order valence-electron chi connectivity index (χ1n) is 0. The van der Waals surface area contributed by atoms with Crippen molar-refractivity contribution in [2.75, 3.05) is 0 Å². The fourth-order valence-corrected chi connectivity index (χ4v) is 0. The van der Waals surface area contributed by atoms with Gasteiger partial charge in [-0.05, 0) is 0 Å². The van der Waals surface area contributed by atoms with E-state index in [4.69, 9.17) is 0 Å². The molecule has 0 saturated carbocycles. The Kier molecular flexibility index (Phi) is 111. The van der Waals surface area contributed by atoms with Crippen molar-refractivity contribution in [3.8, 4) is 0 Å². The standard InChI is InChI=1S/Au.Bi.2H2Te.3H/h;;2*1H2;;;. The first-order chi connectivity index (χ1) is 0. The second-order valence-electron chi connectivity index (χ2n) is 0. The molecule has 0 fully saturated rings. The van der Waals surface area contributed by atoms with Crippen molar-refractivity contribution in [2.24, 2.45) is 0 Å². The Morgan fingerprint density at radius 3 is 0.750 bits per heavy atom. The van der Waals surface area contributed by atoms with E-state index in [0.29, 0.717) is 0 Å². The van der Waals surface area contributed by atoms with Gasteiger partial charge < -0.3 is 0 Å². The Balaban J connectivity index is 0. The van der Waals surface area contributed by atoms with E-state index >= 15 is 0 Å². The summed E-state index contributed by atoms with van der Waals surface area (Å²) in [4.78, 5) is 0. The van der Waals surface area contributed by atoms with E-state index in [1.54, 1.807) is 0 Å². The molecule has 0 spiro atoms. The monoisotopic (exact) mass is 673 g/mol. The van der Waals surface area contributed by atoms with Crippen LogP contribution < -0.4 is 0 Å². The van der Waals surface area contributed by atoms with Gasteiger partial charge in [0.15, 0.2) is 0 Å². The second-order valence-corrected chi connectivity index (χ2v) is 0. The molecule has 1 radical (unpaired) electrons. The second kappa shape index (κ2) is 16.4. The minimum atomic E-state index is 0. The molecule has 0 bridgehead atoms.